The molecule has 1 aliphatic rings. The number of carboxylic acids is 1. The molecule has 0 fully saturated rings. The molecule has 0 radical (unpaired) electrons. The molecular formula is C15H18F2O3. The van der Waals surface area contributed by atoms with Crippen molar-refractivity contribution in [3.05, 3.63) is 29.3 Å². The molecule has 3 nitrogen and oxygen atoms in total. The Morgan fingerprint density at radius 2 is 2.15 bits per heavy atom. The maximum absolute atomic E-state index is 14.0. The minimum Gasteiger partial charge on any atom is -0.487 e. The highest BCUT2D eigenvalue weighted by atomic mass is 19.3. The fraction of sp³-hybridized carbons (Fsp3) is 0.533. The molecule has 0 aliphatic carbocycles. The van der Waals surface area contributed by atoms with Crippen LogP contribution in [0.1, 0.15) is 44.2 Å². The minimum atomic E-state index is -3.00. The summed E-state index contributed by atoms with van der Waals surface area (Å²) in [4.78, 5) is 10.4. The van der Waals surface area contributed by atoms with Crippen molar-refractivity contribution in [3.8, 4) is 5.75 Å². The normalized spacial score (nSPS) is 16.6. The fourth-order valence-electron chi connectivity index (χ4n) is 2.44. The molecular weight excluding hydrogens is 266 g/mol. The minimum absolute atomic E-state index is 0.0403. The van der Waals surface area contributed by atoms with Gasteiger partial charge < -0.3 is 9.84 Å². The zero-order valence-corrected chi connectivity index (χ0v) is 11.6. The van der Waals surface area contributed by atoms with Gasteiger partial charge in [-0.05, 0) is 44.0 Å². The monoisotopic (exact) mass is 284 g/mol. The third-order valence-electron chi connectivity index (χ3n) is 3.37. The molecule has 0 bridgehead atoms. The second-order valence-electron chi connectivity index (χ2n) is 5.81. The highest BCUT2D eigenvalue weighted by Crippen LogP contribution is 2.40. The Morgan fingerprint density at radius 3 is 2.80 bits per heavy atom. The van der Waals surface area contributed by atoms with Crippen molar-refractivity contribution in [2.75, 3.05) is 0 Å². The average Bonchev–Trinajstić information content (AvgIpc) is 2.60. The summed E-state index contributed by atoms with van der Waals surface area (Å²) >= 11 is 0. The molecule has 1 heterocycles. The van der Waals surface area contributed by atoms with E-state index in [-0.39, 0.29) is 24.0 Å². The number of aliphatic carboxylic acids is 1. The number of ether oxygens (including phenoxy) is 1. The molecule has 0 amide bonds. The first kappa shape index (κ1) is 14.8. The Hall–Kier alpha value is -1.65. The predicted octanol–water partition coefficient (Wildman–Crippen LogP) is 3.75. The van der Waals surface area contributed by atoms with Gasteiger partial charge in [0.1, 0.15) is 11.4 Å². The summed E-state index contributed by atoms with van der Waals surface area (Å²) in [6, 6.07) is 4.41. The van der Waals surface area contributed by atoms with Gasteiger partial charge in [0.25, 0.3) is 5.92 Å². The van der Waals surface area contributed by atoms with Crippen molar-refractivity contribution in [1.29, 1.82) is 0 Å². The Labute approximate surface area is 116 Å². The van der Waals surface area contributed by atoms with Crippen molar-refractivity contribution in [2.24, 2.45) is 0 Å². The second kappa shape index (κ2) is 5.04. The Bertz CT molecular complexity index is 524. The Morgan fingerprint density at radius 1 is 1.45 bits per heavy atom. The molecule has 1 aliphatic heterocycles. The van der Waals surface area contributed by atoms with E-state index in [0.29, 0.717) is 12.2 Å². The van der Waals surface area contributed by atoms with Gasteiger partial charge >= 0.3 is 5.97 Å². The topological polar surface area (TPSA) is 46.5 Å². The van der Waals surface area contributed by atoms with Crippen LogP contribution >= 0.6 is 0 Å². The number of fused-ring (bicyclic) bond motifs is 1. The van der Waals surface area contributed by atoms with Crippen molar-refractivity contribution >= 4 is 5.97 Å². The summed E-state index contributed by atoms with van der Waals surface area (Å²) in [5, 5.41) is 8.50. The lowest BCUT2D eigenvalue weighted by Gasteiger charge is -2.17. The van der Waals surface area contributed by atoms with Gasteiger partial charge in [0.15, 0.2) is 0 Å². The molecule has 5 heteroatoms. The Balaban J connectivity index is 2.12. The van der Waals surface area contributed by atoms with E-state index in [1.807, 2.05) is 13.8 Å². The molecule has 1 aromatic carbocycles. The lowest BCUT2D eigenvalue weighted by atomic mass is 9.96. The van der Waals surface area contributed by atoms with Crippen molar-refractivity contribution in [2.45, 2.75) is 51.1 Å². The van der Waals surface area contributed by atoms with Gasteiger partial charge in [-0.25, -0.2) is 8.78 Å². The molecule has 0 spiro atoms. The molecule has 20 heavy (non-hydrogen) atoms. The summed E-state index contributed by atoms with van der Waals surface area (Å²) in [5.74, 6) is -3.40. The van der Waals surface area contributed by atoms with E-state index in [4.69, 9.17) is 9.84 Å². The Kier molecular flexibility index (Phi) is 3.71. The highest BCUT2D eigenvalue weighted by Gasteiger charge is 2.35. The zero-order valence-electron chi connectivity index (χ0n) is 11.6. The maximum atomic E-state index is 14.0. The number of hydrogen-bond acceptors (Lipinski definition) is 2. The van der Waals surface area contributed by atoms with Gasteiger partial charge in [-0.15, -0.1) is 0 Å². The summed E-state index contributed by atoms with van der Waals surface area (Å²) in [6.45, 7) is 3.83. The molecule has 0 saturated carbocycles. The van der Waals surface area contributed by atoms with Crippen LogP contribution in [0, 0.1) is 0 Å². The third kappa shape index (κ3) is 3.26. The number of halogens is 2. The fourth-order valence-corrected chi connectivity index (χ4v) is 2.44. The smallest absolute Gasteiger partial charge is 0.303 e. The van der Waals surface area contributed by atoms with Crippen LogP contribution in [0.5, 0.6) is 5.75 Å². The largest absolute Gasteiger partial charge is 0.487 e. The van der Waals surface area contributed by atoms with E-state index in [2.05, 4.69) is 0 Å². The zero-order chi connectivity index (χ0) is 15.0. The summed E-state index contributed by atoms with van der Waals surface area (Å²) in [6.07, 6.45) is -0.137. The third-order valence-corrected chi connectivity index (χ3v) is 3.37. The van der Waals surface area contributed by atoms with E-state index in [1.165, 1.54) is 12.1 Å². The van der Waals surface area contributed by atoms with Crippen molar-refractivity contribution < 1.29 is 23.4 Å². The highest BCUT2D eigenvalue weighted by molar-refractivity contribution is 5.66. The van der Waals surface area contributed by atoms with E-state index in [1.54, 1.807) is 6.07 Å². The summed E-state index contributed by atoms with van der Waals surface area (Å²) < 4.78 is 33.7. The molecule has 0 unspecified atom stereocenters. The number of carboxylic acid groups (broad SMARTS) is 1. The van der Waals surface area contributed by atoms with Crippen molar-refractivity contribution in [1.82, 2.24) is 0 Å². The first-order chi connectivity index (χ1) is 9.20. The van der Waals surface area contributed by atoms with Crippen LogP contribution < -0.4 is 4.74 Å². The summed E-state index contributed by atoms with van der Waals surface area (Å²) in [5.41, 5.74) is 0.355. The van der Waals surface area contributed by atoms with Gasteiger partial charge in [0.05, 0.1) is 0 Å². The molecule has 0 aromatic heterocycles. The van der Waals surface area contributed by atoms with E-state index < -0.39 is 18.3 Å². The van der Waals surface area contributed by atoms with Crippen LogP contribution in [-0.4, -0.2) is 16.7 Å². The molecule has 2 rings (SSSR count). The summed E-state index contributed by atoms with van der Waals surface area (Å²) in [7, 11) is 0. The van der Waals surface area contributed by atoms with Crippen LogP contribution in [-0.2, 0) is 17.1 Å². The number of rotatable bonds is 5. The standard InChI is InChI=1S/C15H18F2O3/c1-14(2)9-10-8-11(5-6-12(10)20-14)15(16,17)7-3-4-13(18)19/h5-6,8H,3-4,7,9H2,1-2H3,(H,18,19). The molecule has 0 atom stereocenters. The lowest BCUT2D eigenvalue weighted by molar-refractivity contribution is -0.137. The lowest BCUT2D eigenvalue weighted by Crippen LogP contribution is -2.24. The van der Waals surface area contributed by atoms with Gasteiger partial charge in [-0.2, -0.15) is 0 Å². The van der Waals surface area contributed by atoms with Gasteiger partial charge in [-0.3, -0.25) is 4.79 Å². The van der Waals surface area contributed by atoms with Crippen LogP contribution in [0.4, 0.5) is 8.78 Å². The van der Waals surface area contributed by atoms with Crippen LogP contribution in [0.3, 0.4) is 0 Å². The number of alkyl halides is 2. The van der Waals surface area contributed by atoms with E-state index >= 15 is 0 Å². The maximum Gasteiger partial charge on any atom is 0.303 e. The molecule has 1 N–H and O–H groups in total. The average molecular weight is 284 g/mol. The quantitative estimate of drug-likeness (QED) is 0.895. The van der Waals surface area contributed by atoms with Crippen LogP contribution in [0.15, 0.2) is 18.2 Å². The molecule has 110 valence electrons. The SMILES string of the molecule is CC1(C)Cc2cc(C(F)(F)CCCC(=O)O)ccc2O1. The van der Waals surface area contributed by atoms with Gasteiger partial charge in [0, 0.05) is 24.8 Å². The van der Waals surface area contributed by atoms with Crippen LogP contribution in [0.25, 0.3) is 0 Å². The second-order valence-corrected chi connectivity index (χ2v) is 5.81. The number of carbonyl (C=O) groups is 1. The van der Waals surface area contributed by atoms with Crippen LogP contribution in [0.2, 0.25) is 0 Å². The van der Waals surface area contributed by atoms with E-state index in [0.717, 1.165) is 5.56 Å². The van der Waals surface area contributed by atoms with Gasteiger partial charge in [-0.1, -0.05) is 0 Å². The first-order valence-corrected chi connectivity index (χ1v) is 6.62. The predicted molar refractivity (Wildman–Crippen MR) is 70.2 cm³/mol. The van der Waals surface area contributed by atoms with Gasteiger partial charge in [0.2, 0.25) is 0 Å². The first-order valence-electron chi connectivity index (χ1n) is 6.62. The molecule has 1 aromatic rings. The van der Waals surface area contributed by atoms with Crippen molar-refractivity contribution in [3.63, 3.8) is 0 Å². The van der Waals surface area contributed by atoms with E-state index in [9.17, 15) is 13.6 Å². The number of hydrogen-bond donors (Lipinski definition) is 1. The molecule has 0 saturated heterocycles. The number of benzene rings is 1.